The molecule has 41 heavy (non-hydrogen) atoms. The molecule has 2 rings (SSSR count). The zero-order chi connectivity index (χ0) is 30.8. The number of ether oxygens (including phenoxy) is 2. The number of aromatic hydroxyl groups is 2. The van der Waals surface area contributed by atoms with E-state index in [0.717, 1.165) is 84.7 Å². The highest BCUT2D eigenvalue weighted by atomic mass is 16.5. The van der Waals surface area contributed by atoms with Gasteiger partial charge < -0.3 is 19.7 Å². The van der Waals surface area contributed by atoms with Crippen molar-refractivity contribution in [3.8, 4) is 11.5 Å². The van der Waals surface area contributed by atoms with Crippen LogP contribution in [0, 0.1) is 0 Å². The number of esters is 2. The van der Waals surface area contributed by atoms with E-state index >= 15 is 0 Å². The summed E-state index contributed by atoms with van der Waals surface area (Å²) in [6.45, 7) is 16.5. The lowest BCUT2D eigenvalue weighted by Crippen LogP contribution is -2.18. The number of carbonyl (C=O) groups is 2. The SMILES string of the molecule is CCC(C)(C)c1cc(CCCCOC(C)=O)cc(Cc2cc(CCCCOC(C)=O)cc(C(C)(C)CC)c2O)c1O. The molecule has 0 radical (unpaired) electrons. The summed E-state index contributed by atoms with van der Waals surface area (Å²) in [5, 5.41) is 23.0. The second kappa shape index (κ2) is 15.3. The lowest BCUT2D eigenvalue weighted by Gasteiger charge is -2.28. The van der Waals surface area contributed by atoms with Crippen LogP contribution in [0.5, 0.6) is 11.5 Å². The predicted molar refractivity (Wildman–Crippen MR) is 165 cm³/mol. The first-order valence-electron chi connectivity index (χ1n) is 15.2. The topological polar surface area (TPSA) is 93.1 Å². The minimum absolute atomic E-state index is 0.215. The molecule has 0 aliphatic carbocycles. The molecule has 6 heteroatoms. The van der Waals surface area contributed by atoms with Crippen LogP contribution >= 0.6 is 0 Å². The molecule has 0 spiro atoms. The molecular weight excluding hydrogens is 516 g/mol. The van der Waals surface area contributed by atoms with E-state index < -0.39 is 0 Å². The number of carbonyl (C=O) groups excluding carboxylic acids is 2. The molecule has 0 aromatic heterocycles. The molecule has 0 atom stereocenters. The Bertz CT molecular complexity index is 1090. The van der Waals surface area contributed by atoms with Gasteiger partial charge in [-0.3, -0.25) is 9.59 Å². The van der Waals surface area contributed by atoms with E-state index in [-0.39, 0.29) is 22.8 Å². The molecule has 0 saturated carbocycles. The summed E-state index contributed by atoms with van der Waals surface area (Å²) in [5.74, 6) is 0.0629. The maximum Gasteiger partial charge on any atom is 0.302 e. The smallest absolute Gasteiger partial charge is 0.302 e. The summed E-state index contributed by atoms with van der Waals surface area (Å²) in [5.41, 5.74) is 5.29. The van der Waals surface area contributed by atoms with E-state index in [1.807, 2.05) is 0 Å². The second-order valence-corrected chi connectivity index (χ2v) is 12.5. The van der Waals surface area contributed by atoms with E-state index in [4.69, 9.17) is 9.47 Å². The Morgan fingerprint density at radius 3 is 1.34 bits per heavy atom. The molecule has 2 N–H and O–H groups in total. The van der Waals surface area contributed by atoms with Gasteiger partial charge in [-0.1, -0.05) is 65.8 Å². The van der Waals surface area contributed by atoms with Gasteiger partial charge in [0.2, 0.25) is 0 Å². The molecule has 0 heterocycles. The molecule has 0 amide bonds. The number of phenols is 2. The fourth-order valence-electron chi connectivity index (χ4n) is 4.99. The van der Waals surface area contributed by atoms with Crippen LogP contribution in [0.1, 0.15) is 127 Å². The number of rotatable bonds is 16. The van der Waals surface area contributed by atoms with E-state index in [2.05, 4.69) is 65.8 Å². The number of benzene rings is 2. The van der Waals surface area contributed by atoms with Gasteiger partial charge in [0, 0.05) is 31.4 Å². The van der Waals surface area contributed by atoms with Gasteiger partial charge in [-0.05, 0) is 84.5 Å². The summed E-state index contributed by atoms with van der Waals surface area (Å²) in [7, 11) is 0. The molecule has 2 aromatic rings. The lowest BCUT2D eigenvalue weighted by molar-refractivity contribution is -0.142. The Morgan fingerprint density at radius 1 is 0.659 bits per heavy atom. The van der Waals surface area contributed by atoms with Crippen LogP contribution in [0.15, 0.2) is 24.3 Å². The third kappa shape index (κ3) is 10.1. The van der Waals surface area contributed by atoms with Crippen molar-refractivity contribution in [3.05, 3.63) is 57.6 Å². The third-order valence-electron chi connectivity index (χ3n) is 8.43. The van der Waals surface area contributed by atoms with Crippen molar-refractivity contribution in [2.45, 2.75) is 124 Å². The Kier molecular flexibility index (Phi) is 12.7. The van der Waals surface area contributed by atoms with Crippen molar-refractivity contribution in [1.82, 2.24) is 0 Å². The van der Waals surface area contributed by atoms with Crippen molar-refractivity contribution in [3.63, 3.8) is 0 Å². The normalized spacial score (nSPS) is 11.9. The first kappa shape index (κ1) is 34.2. The molecule has 0 saturated heterocycles. The fourth-order valence-corrected chi connectivity index (χ4v) is 4.99. The van der Waals surface area contributed by atoms with Crippen LogP contribution < -0.4 is 0 Å². The average Bonchev–Trinajstić information content (AvgIpc) is 2.90. The van der Waals surface area contributed by atoms with Gasteiger partial charge in [0.25, 0.3) is 0 Å². The highest BCUT2D eigenvalue weighted by Crippen LogP contribution is 2.41. The van der Waals surface area contributed by atoms with Crippen LogP contribution in [-0.4, -0.2) is 35.4 Å². The molecule has 6 nitrogen and oxygen atoms in total. The standard InChI is InChI=1S/C35H52O6/c1-9-34(5,6)30-21-26(15-11-13-17-40-24(3)36)19-28(32(30)38)23-29-20-27(16-12-14-18-41-25(4)37)22-31(33(29)39)35(7,8)10-2/h19-22,38-39H,9-18,23H2,1-8H3. The second-order valence-electron chi connectivity index (χ2n) is 12.5. The predicted octanol–water partition coefficient (Wildman–Crippen LogP) is 7.84. The van der Waals surface area contributed by atoms with Crippen molar-refractivity contribution >= 4 is 11.9 Å². The van der Waals surface area contributed by atoms with E-state index in [1.165, 1.54) is 13.8 Å². The summed E-state index contributed by atoms with van der Waals surface area (Å²) in [6.07, 6.45) is 7.07. The Morgan fingerprint density at radius 2 is 1.02 bits per heavy atom. The van der Waals surface area contributed by atoms with E-state index in [1.54, 1.807) is 0 Å². The van der Waals surface area contributed by atoms with Crippen LogP contribution in [-0.2, 0) is 49.2 Å². The molecule has 0 fully saturated rings. The quantitative estimate of drug-likeness (QED) is 0.158. The molecule has 0 aliphatic rings. The zero-order valence-corrected chi connectivity index (χ0v) is 26.6. The maximum atomic E-state index is 11.5. The van der Waals surface area contributed by atoms with Crippen LogP contribution in [0.25, 0.3) is 0 Å². The summed E-state index contributed by atoms with van der Waals surface area (Å²) >= 11 is 0. The average molecular weight is 569 g/mol. The van der Waals surface area contributed by atoms with Gasteiger partial charge in [0.1, 0.15) is 11.5 Å². The Balaban J connectivity index is 2.46. The first-order chi connectivity index (χ1) is 19.2. The van der Waals surface area contributed by atoms with Crippen molar-refractivity contribution in [2.24, 2.45) is 0 Å². The number of hydrogen-bond donors (Lipinski definition) is 2. The van der Waals surface area contributed by atoms with Crippen molar-refractivity contribution in [1.29, 1.82) is 0 Å². The highest BCUT2D eigenvalue weighted by Gasteiger charge is 2.27. The molecule has 0 bridgehead atoms. The zero-order valence-electron chi connectivity index (χ0n) is 26.6. The minimum atomic E-state index is -0.263. The first-order valence-corrected chi connectivity index (χ1v) is 15.2. The van der Waals surface area contributed by atoms with Crippen LogP contribution in [0.4, 0.5) is 0 Å². The fraction of sp³-hybridized carbons (Fsp3) is 0.600. The number of phenolic OH excluding ortho intramolecular Hbond substituents is 2. The summed E-state index contributed by atoms with van der Waals surface area (Å²) in [6, 6.07) is 8.34. The molecular formula is C35H52O6. The van der Waals surface area contributed by atoms with Crippen molar-refractivity contribution < 1.29 is 29.3 Å². The van der Waals surface area contributed by atoms with Gasteiger partial charge in [0.05, 0.1) is 13.2 Å². The monoisotopic (exact) mass is 568 g/mol. The number of aryl methyl sites for hydroxylation is 2. The van der Waals surface area contributed by atoms with Gasteiger partial charge in [-0.2, -0.15) is 0 Å². The van der Waals surface area contributed by atoms with Crippen molar-refractivity contribution in [2.75, 3.05) is 13.2 Å². The summed E-state index contributed by atoms with van der Waals surface area (Å²) < 4.78 is 10.2. The maximum absolute atomic E-state index is 11.5. The van der Waals surface area contributed by atoms with Crippen LogP contribution in [0.2, 0.25) is 0 Å². The van der Waals surface area contributed by atoms with Gasteiger partial charge >= 0.3 is 11.9 Å². The van der Waals surface area contributed by atoms with Gasteiger partial charge in [0.15, 0.2) is 0 Å². The largest absolute Gasteiger partial charge is 0.507 e. The lowest BCUT2D eigenvalue weighted by atomic mass is 9.77. The summed E-state index contributed by atoms with van der Waals surface area (Å²) in [4.78, 5) is 22.2. The number of unbranched alkanes of at least 4 members (excludes halogenated alkanes) is 2. The van der Waals surface area contributed by atoms with Crippen LogP contribution in [0.3, 0.4) is 0 Å². The van der Waals surface area contributed by atoms with Gasteiger partial charge in [-0.25, -0.2) is 0 Å². The number of hydrogen-bond acceptors (Lipinski definition) is 6. The molecule has 228 valence electrons. The Hall–Kier alpha value is -3.02. The molecule has 0 unspecified atom stereocenters. The van der Waals surface area contributed by atoms with E-state index in [9.17, 15) is 19.8 Å². The van der Waals surface area contributed by atoms with E-state index in [0.29, 0.717) is 31.1 Å². The molecule has 2 aromatic carbocycles. The third-order valence-corrected chi connectivity index (χ3v) is 8.43. The highest BCUT2D eigenvalue weighted by molar-refractivity contribution is 5.66. The van der Waals surface area contributed by atoms with Gasteiger partial charge in [-0.15, -0.1) is 0 Å². The Labute approximate surface area is 247 Å². The molecule has 0 aliphatic heterocycles. The minimum Gasteiger partial charge on any atom is -0.507 e.